The molecular formula is C66H67N3O3S2. The van der Waals surface area contributed by atoms with Gasteiger partial charge in [-0.15, -0.1) is 23.5 Å². The molecule has 0 heterocycles. The van der Waals surface area contributed by atoms with Crippen molar-refractivity contribution in [2.45, 2.75) is 28.8 Å². The summed E-state index contributed by atoms with van der Waals surface area (Å²) in [5.74, 6) is 2.24. The fourth-order valence-corrected chi connectivity index (χ4v) is 12.4. The molecule has 376 valence electrons. The Balaban J connectivity index is 0.911. The molecule has 0 aliphatic rings. The zero-order valence-electron chi connectivity index (χ0n) is 42.6. The van der Waals surface area contributed by atoms with Crippen LogP contribution in [0.4, 0.5) is 5.69 Å². The molecule has 0 aromatic heterocycles. The first-order valence-electron chi connectivity index (χ1n) is 25.7. The lowest BCUT2D eigenvalue weighted by molar-refractivity contribution is -0.122. The zero-order chi connectivity index (χ0) is 51.3. The molecular weight excluding hydrogens is 947 g/mol. The monoisotopic (exact) mass is 1010 g/mol. The van der Waals surface area contributed by atoms with Crippen LogP contribution in [0.15, 0.2) is 237 Å². The molecule has 0 unspecified atom stereocenters. The van der Waals surface area contributed by atoms with Gasteiger partial charge in [-0.25, -0.2) is 0 Å². The van der Waals surface area contributed by atoms with Gasteiger partial charge < -0.3 is 15.0 Å². The van der Waals surface area contributed by atoms with E-state index in [1.807, 2.05) is 97.1 Å². The minimum Gasteiger partial charge on any atom is -0.494 e. The van der Waals surface area contributed by atoms with Crippen LogP contribution >= 0.6 is 23.5 Å². The molecule has 0 bridgehead atoms. The second-order valence-corrected chi connectivity index (χ2v) is 21.1. The average molecular weight is 1010 g/mol. The van der Waals surface area contributed by atoms with Crippen molar-refractivity contribution in [3.8, 4) is 5.75 Å². The van der Waals surface area contributed by atoms with E-state index in [4.69, 9.17) is 4.74 Å². The summed E-state index contributed by atoms with van der Waals surface area (Å²) in [4.78, 5) is 31.4. The number of nitrogens with one attached hydrogen (secondary N) is 1. The van der Waals surface area contributed by atoms with E-state index >= 15 is 0 Å². The van der Waals surface area contributed by atoms with Crippen molar-refractivity contribution in [2.24, 2.45) is 0 Å². The third kappa shape index (κ3) is 13.9. The smallest absolute Gasteiger partial charge is 0.234 e. The summed E-state index contributed by atoms with van der Waals surface area (Å²) in [6, 6.07) is 80.0. The number of allylic oxidation sites excluding steroid dienone is 1. The molecule has 8 aromatic rings. The van der Waals surface area contributed by atoms with E-state index in [-0.39, 0.29) is 11.7 Å². The number of ether oxygens (including phenoxy) is 1. The molecule has 74 heavy (non-hydrogen) atoms. The number of hydrogen-bond acceptors (Lipinski definition) is 7. The highest BCUT2D eigenvalue weighted by Gasteiger charge is 2.38. The van der Waals surface area contributed by atoms with Gasteiger partial charge in [-0.3, -0.25) is 14.5 Å². The number of anilines is 1. The number of carbonyl (C=O) groups excluding carboxylic acids is 2. The van der Waals surface area contributed by atoms with Crippen molar-refractivity contribution in [2.75, 3.05) is 63.3 Å². The summed E-state index contributed by atoms with van der Waals surface area (Å²) in [7, 11) is 4.02. The van der Waals surface area contributed by atoms with Crippen LogP contribution in [0.5, 0.6) is 5.75 Å². The van der Waals surface area contributed by atoms with Crippen LogP contribution in [0.3, 0.4) is 0 Å². The minimum absolute atomic E-state index is 0.0280. The summed E-state index contributed by atoms with van der Waals surface area (Å²) >= 11 is 3.79. The molecule has 6 nitrogen and oxygen atoms in total. The van der Waals surface area contributed by atoms with Gasteiger partial charge in [0.05, 0.1) is 22.6 Å². The van der Waals surface area contributed by atoms with Gasteiger partial charge in [-0.2, -0.15) is 0 Å². The number of nitrogens with zero attached hydrogens (tertiary/aromatic N) is 2. The molecule has 0 spiro atoms. The van der Waals surface area contributed by atoms with Crippen molar-refractivity contribution < 1.29 is 14.3 Å². The molecule has 0 aliphatic heterocycles. The van der Waals surface area contributed by atoms with Gasteiger partial charge in [-0.1, -0.05) is 200 Å². The maximum absolute atomic E-state index is 14.1. The van der Waals surface area contributed by atoms with Crippen molar-refractivity contribution >= 4 is 47.0 Å². The fourth-order valence-electron chi connectivity index (χ4n) is 9.46. The molecule has 0 aliphatic carbocycles. The van der Waals surface area contributed by atoms with Crippen molar-refractivity contribution in [3.05, 3.63) is 281 Å². The second kappa shape index (κ2) is 27.3. The standard InChI is InChI=1S/C66H67N3O3S2/c1-68(2)61-41-36-53(37-42-61)38-45-63(70)54-39-43-62(44-40-54)72-49-23-9-22-47-69(48-51-74-66(58-30-16-6-17-31-58,59-32-18-7-19-33-59)60-34-20-8-21-35-60)52-64(71)67-46-50-73-65(55-24-10-3-11-25-55,56-26-12-4-13-27-56)57-28-14-5-15-29-57/h3-8,10-21,24-45H,9,22-23,46-52H2,1-2H3,(H,67,71)/b45-38+. The molecule has 0 radical (unpaired) electrons. The number of carbonyl (C=O) groups is 2. The maximum atomic E-state index is 14.1. The van der Waals surface area contributed by atoms with Gasteiger partial charge >= 0.3 is 0 Å². The molecule has 0 saturated heterocycles. The van der Waals surface area contributed by atoms with Gasteiger partial charge in [0.1, 0.15) is 5.75 Å². The van der Waals surface area contributed by atoms with Gasteiger partial charge in [-0.05, 0) is 107 Å². The first-order valence-corrected chi connectivity index (χ1v) is 27.6. The molecule has 8 heteroatoms. The Morgan fingerprint density at radius 1 is 0.500 bits per heavy atom. The molecule has 0 atom stereocenters. The quantitative estimate of drug-likeness (QED) is 0.0238. The number of benzene rings is 8. The van der Waals surface area contributed by atoms with Gasteiger partial charge in [0.2, 0.25) is 5.91 Å². The number of ketones is 1. The van der Waals surface area contributed by atoms with Crippen LogP contribution in [0, 0.1) is 0 Å². The highest BCUT2D eigenvalue weighted by Crippen LogP contribution is 2.49. The van der Waals surface area contributed by atoms with Gasteiger partial charge in [0.15, 0.2) is 5.78 Å². The summed E-state index contributed by atoms with van der Waals surface area (Å²) in [5, 5.41) is 3.33. The Kier molecular flexibility index (Phi) is 19.6. The number of hydrogen-bond donors (Lipinski definition) is 1. The number of thioether (sulfide) groups is 2. The van der Waals surface area contributed by atoms with E-state index in [0.717, 1.165) is 60.9 Å². The van der Waals surface area contributed by atoms with E-state index < -0.39 is 9.49 Å². The summed E-state index contributed by atoms with van der Waals surface area (Å²) in [6.07, 6.45) is 6.20. The van der Waals surface area contributed by atoms with Crippen molar-refractivity contribution in [3.63, 3.8) is 0 Å². The van der Waals surface area contributed by atoms with Crippen LogP contribution in [0.2, 0.25) is 0 Å². The minimum atomic E-state index is -0.454. The topological polar surface area (TPSA) is 61.9 Å². The first kappa shape index (κ1) is 53.2. The van der Waals surface area contributed by atoms with Crippen LogP contribution < -0.4 is 15.0 Å². The predicted molar refractivity (Wildman–Crippen MR) is 313 cm³/mol. The summed E-state index contributed by atoms with van der Waals surface area (Å²) < 4.78 is 5.25. The molecule has 1 amide bonds. The molecule has 8 aromatic carbocycles. The summed E-state index contributed by atoms with van der Waals surface area (Å²) in [6.45, 7) is 2.92. The highest BCUT2D eigenvalue weighted by atomic mass is 32.2. The molecule has 0 saturated carbocycles. The van der Waals surface area contributed by atoms with Crippen LogP contribution in [-0.4, -0.2) is 75.0 Å². The summed E-state index contributed by atoms with van der Waals surface area (Å²) in [5.41, 5.74) is 9.99. The van der Waals surface area contributed by atoms with Gasteiger partial charge in [0.25, 0.3) is 0 Å². The Morgan fingerprint density at radius 3 is 1.36 bits per heavy atom. The molecule has 0 fully saturated rings. The Hall–Kier alpha value is -7.10. The predicted octanol–water partition coefficient (Wildman–Crippen LogP) is 14.1. The average Bonchev–Trinajstić information content (AvgIpc) is 3.46. The number of amides is 1. The SMILES string of the molecule is CN(C)c1ccc(/C=C/C(=O)c2ccc(OCCCCCN(CCSC(c3ccccc3)(c3ccccc3)c3ccccc3)CC(=O)NCCSC(c3ccccc3)(c3ccccc3)c3ccccc3)cc2)cc1. The Labute approximate surface area is 447 Å². The van der Waals surface area contributed by atoms with Crippen molar-refractivity contribution in [1.29, 1.82) is 0 Å². The van der Waals surface area contributed by atoms with Gasteiger partial charge in [0, 0.05) is 49.9 Å². The van der Waals surface area contributed by atoms with Crippen molar-refractivity contribution in [1.82, 2.24) is 10.2 Å². The maximum Gasteiger partial charge on any atom is 0.234 e. The highest BCUT2D eigenvalue weighted by molar-refractivity contribution is 8.00. The molecule has 8 rings (SSSR count). The Morgan fingerprint density at radius 2 is 0.932 bits per heavy atom. The van der Waals surface area contributed by atoms with E-state index in [9.17, 15) is 9.59 Å². The van der Waals surface area contributed by atoms with E-state index in [2.05, 4.69) is 192 Å². The Bertz CT molecular complexity index is 2750. The van der Waals surface area contributed by atoms with Crippen LogP contribution in [0.25, 0.3) is 6.08 Å². The molecule has 1 N–H and O–H groups in total. The van der Waals surface area contributed by atoms with Crippen LogP contribution in [-0.2, 0) is 14.3 Å². The lowest BCUT2D eigenvalue weighted by Crippen LogP contribution is -2.40. The van der Waals surface area contributed by atoms with E-state index in [0.29, 0.717) is 25.3 Å². The lowest BCUT2D eigenvalue weighted by Gasteiger charge is -2.36. The second-order valence-electron chi connectivity index (χ2n) is 18.5. The normalized spacial score (nSPS) is 11.7. The van der Waals surface area contributed by atoms with E-state index in [1.165, 1.54) is 33.4 Å². The van der Waals surface area contributed by atoms with E-state index in [1.54, 1.807) is 6.08 Å². The lowest BCUT2D eigenvalue weighted by atomic mass is 9.84. The number of unbranched alkanes of at least 4 members (excludes halogenated alkanes) is 2. The zero-order valence-corrected chi connectivity index (χ0v) is 44.2. The fraction of sp³-hybridized carbons (Fsp3) is 0.212. The first-order chi connectivity index (χ1) is 36.3. The van der Waals surface area contributed by atoms with Crippen LogP contribution in [0.1, 0.15) is 68.6 Å². The largest absolute Gasteiger partial charge is 0.494 e. The third-order valence-electron chi connectivity index (χ3n) is 13.3. The number of rotatable bonds is 27. The third-order valence-corrected chi connectivity index (χ3v) is 16.4.